The van der Waals surface area contributed by atoms with Crippen molar-refractivity contribution in [1.82, 2.24) is 10.6 Å². The summed E-state index contributed by atoms with van der Waals surface area (Å²) < 4.78 is 0. The lowest BCUT2D eigenvalue weighted by atomic mass is 10.0. The molecule has 0 radical (unpaired) electrons. The first-order valence-electron chi connectivity index (χ1n) is 7.20. The van der Waals surface area contributed by atoms with E-state index in [0.717, 1.165) is 5.56 Å². The van der Waals surface area contributed by atoms with Gasteiger partial charge < -0.3 is 10.6 Å². The van der Waals surface area contributed by atoms with Crippen LogP contribution in [0.3, 0.4) is 0 Å². The molecule has 114 valence electrons. The van der Waals surface area contributed by atoms with E-state index in [-0.39, 0.29) is 11.8 Å². The highest BCUT2D eigenvalue weighted by Crippen LogP contribution is 2.10. The molecule has 0 aromatic heterocycles. The van der Waals surface area contributed by atoms with Crippen molar-refractivity contribution in [3.63, 3.8) is 0 Å². The maximum atomic E-state index is 12.3. The average molecular weight is 288 g/mol. The first-order valence-corrected chi connectivity index (χ1v) is 7.20. The van der Waals surface area contributed by atoms with E-state index in [0.29, 0.717) is 24.4 Å². The summed E-state index contributed by atoms with van der Waals surface area (Å²) in [6.07, 6.45) is 2.22. The second-order valence-corrected chi connectivity index (χ2v) is 5.50. The monoisotopic (exact) mass is 288 g/mol. The molecule has 0 aliphatic carbocycles. The van der Waals surface area contributed by atoms with Gasteiger partial charge in [0.1, 0.15) is 6.04 Å². The van der Waals surface area contributed by atoms with Gasteiger partial charge in [-0.3, -0.25) is 9.59 Å². The average Bonchev–Trinajstić information content (AvgIpc) is 2.43. The fraction of sp³-hybridized carbons (Fsp3) is 0.412. The van der Waals surface area contributed by atoms with Gasteiger partial charge in [0.2, 0.25) is 5.91 Å². The first-order chi connectivity index (χ1) is 9.95. The maximum Gasteiger partial charge on any atom is 0.252 e. The Morgan fingerprint density at radius 3 is 2.52 bits per heavy atom. The van der Waals surface area contributed by atoms with Gasteiger partial charge in [-0.15, -0.1) is 6.58 Å². The SMILES string of the molecule is C=CCNC(=O)C(CC(C)C)NC(=O)c1ccccc1C. The second-order valence-electron chi connectivity index (χ2n) is 5.50. The molecule has 0 bridgehead atoms. The van der Waals surface area contributed by atoms with Gasteiger partial charge in [-0.25, -0.2) is 0 Å². The highest BCUT2D eigenvalue weighted by atomic mass is 16.2. The molecule has 1 atom stereocenters. The molecule has 2 amide bonds. The van der Waals surface area contributed by atoms with E-state index in [1.165, 1.54) is 0 Å². The van der Waals surface area contributed by atoms with Crippen LogP contribution in [0.25, 0.3) is 0 Å². The third-order valence-electron chi connectivity index (χ3n) is 3.14. The highest BCUT2D eigenvalue weighted by Gasteiger charge is 2.22. The number of nitrogens with one attached hydrogen (secondary N) is 2. The standard InChI is InChI=1S/C17H24N2O2/c1-5-10-18-17(21)15(11-12(2)3)19-16(20)14-9-7-6-8-13(14)4/h5-9,12,15H,1,10-11H2,2-4H3,(H,18,21)(H,19,20). The summed E-state index contributed by atoms with van der Waals surface area (Å²) in [4.78, 5) is 24.4. The van der Waals surface area contributed by atoms with Crippen LogP contribution in [-0.2, 0) is 4.79 Å². The lowest BCUT2D eigenvalue weighted by Gasteiger charge is -2.20. The van der Waals surface area contributed by atoms with E-state index in [9.17, 15) is 9.59 Å². The number of aryl methyl sites for hydroxylation is 1. The van der Waals surface area contributed by atoms with Crippen LogP contribution in [-0.4, -0.2) is 24.4 Å². The summed E-state index contributed by atoms with van der Waals surface area (Å²) in [6, 6.07) is 6.81. The Balaban J connectivity index is 2.80. The van der Waals surface area contributed by atoms with Crippen LogP contribution in [0.2, 0.25) is 0 Å². The van der Waals surface area contributed by atoms with Gasteiger partial charge in [-0.2, -0.15) is 0 Å². The molecule has 21 heavy (non-hydrogen) atoms. The molecule has 1 rings (SSSR count). The molecule has 0 heterocycles. The van der Waals surface area contributed by atoms with Crippen LogP contribution < -0.4 is 10.6 Å². The van der Waals surface area contributed by atoms with Crippen molar-refractivity contribution in [2.24, 2.45) is 5.92 Å². The van der Waals surface area contributed by atoms with Crippen molar-refractivity contribution in [1.29, 1.82) is 0 Å². The predicted molar refractivity (Wildman–Crippen MR) is 85.1 cm³/mol. The summed E-state index contributed by atoms with van der Waals surface area (Å²) in [5.74, 6) is -0.0836. The molecule has 0 aliphatic heterocycles. The Morgan fingerprint density at radius 2 is 1.95 bits per heavy atom. The van der Waals surface area contributed by atoms with Crippen molar-refractivity contribution in [3.05, 3.63) is 48.0 Å². The zero-order chi connectivity index (χ0) is 15.8. The minimum atomic E-state index is -0.531. The van der Waals surface area contributed by atoms with Crippen LogP contribution in [0.5, 0.6) is 0 Å². The third kappa shape index (κ3) is 5.42. The zero-order valence-electron chi connectivity index (χ0n) is 13.0. The highest BCUT2D eigenvalue weighted by molar-refractivity contribution is 5.98. The van der Waals surface area contributed by atoms with Gasteiger partial charge in [0.05, 0.1) is 0 Å². The van der Waals surface area contributed by atoms with Gasteiger partial charge >= 0.3 is 0 Å². The normalized spacial score (nSPS) is 11.8. The minimum Gasteiger partial charge on any atom is -0.351 e. The van der Waals surface area contributed by atoms with E-state index in [4.69, 9.17) is 0 Å². The van der Waals surface area contributed by atoms with Crippen molar-refractivity contribution in [3.8, 4) is 0 Å². The fourth-order valence-corrected chi connectivity index (χ4v) is 2.06. The van der Waals surface area contributed by atoms with E-state index < -0.39 is 6.04 Å². The van der Waals surface area contributed by atoms with Crippen LogP contribution in [0, 0.1) is 12.8 Å². The Bertz CT molecular complexity index is 509. The minimum absolute atomic E-state index is 0.175. The van der Waals surface area contributed by atoms with Crippen LogP contribution in [0.4, 0.5) is 0 Å². The molecule has 0 spiro atoms. The summed E-state index contributed by atoms with van der Waals surface area (Å²) in [5.41, 5.74) is 1.49. The van der Waals surface area contributed by atoms with Crippen molar-refractivity contribution in [2.75, 3.05) is 6.54 Å². The molecule has 0 saturated heterocycles. The number of amides is 2. The Morgan fingerprint density at radius 1 is 1.29 bits per heavy atom. The zero-order valence-corrected chi connectivity index (χ0v) is 13.0. The summed E-state index contributed by atoms with van der Waals surface area (Å²) in [7, 11) is 0. The quantitative estimate of drug-likeness (QED) is 0.757. The van der Waals surface area contributed by atoms with Gasteiger partial charge in [0.25, 0.3) is 5.91 Å². The number of hydrogen-bond donors (Lipinski definition) is 2. The van der Waals surface area contributed by atoms with Crippen molar-refractivity contribution in [2.45, 2.75) is 33.2 Å². The molecule has 0 fully saturated rings. The van der Waals surface area contributed by atoms with E-state index in [1.54, 1.807) is 12.1 Å². The number of rotatable bonds is 7. The van der Waals surface area contributed by atoms with Gasteiger partial charge in [-0.05, 0) is 30.9 Å². The topological polar surface area (TPSA) is 58.2 Å². The number of carbonyl (C=O) groups excluding carboxylic acids is 2. The molecule has 0 saturated carbocycles. The van der Waals surface area contributed by atoms with Crippen molar-refractivity contribution >= 4 is 11.8 Å². The van der Waals surface area contributed by atoms with E-state index in [1.807, 2.05) is 39.0 Å². The Kier molecular flexibility index (Phi) is 6.66. The second kappa shape index (κ2) is 8.25. The van der Waals surface area contributed by atoms with E-state index >= 15 is 0 Å². The fourth-order valence-electron chi connectivity index (χ4n) is 2.06. The molecule has 4 nitrogen and oxygen atoms in total. The summed E-state index contributed by atoms with van der Waals surface area (Å²) in [6.45, 7) is 9.89. The lowest BCUT2D eigenvalue weighted by Crippen LogP contribution is -2.47. The lowest BCUT2D eigenvalue weighted by molar-refractivity contribution is -0.123. The van der Waals surface area contributed by atoms with Crippen molar-refractivity contribution < 1.29 is 9.59 Å². The number of benzene rings is 1. The predicted octanol–water partition coefficient (Wildman–Crippen LogP) is 2.44. The molecule has 2 N–H and O–H groups in total. The largest absolute Gasteiger partial charge is 0.351 e. The van der Waals surface area contributed by atoms with Crippen LogP contribution in [0.15, 0.2) is 36.9 Å². The molecule has 1 unspecified atom stereocenters. The van der Waals surface area contributed by atoms with Gasteiger partial charge in [-0.1, -0.05) is 38.1 Å². The van der Waals surface area contributed by atoms with Gasteiger partial charge in [0, 0.05) is 12.1 Å². The summed E-state index contributed by atoms with van der Waals surface area (Å²) in [5, 5.41) is 5.57. The Hall–Kier alpha value is -2.10. The third-order valence-corrected chi connectivity index (χ3v) is 3.14. The molecule has 4 heteroatoms. The molecule has 1 aromatic rings. The molecule has 0 aliphatic rings. The van der Waals surface area contributed by atoms with Crippen LogP contribution >= 0.6 is 0 Å². The van der Waals surface area contributed by atoms with E-state index in [2.05, 4.69) is 17.2 Å². The van der Waals surface area contributed by atoms with Gasteiger partial charge in [0.15, 0.2) is 0 Å². The Labute approximate surface area is 126 Å². The number of hydrogen-bond acceptors (Lipinski definition) is 2. The van der Waals surface area contributed by atoms with Crippen LogP contribution in [0.1, 0.15) is 36.2 Å². The maximum absolute atomic E-state index is 12.3. The number of carbonyl (C=O) groups is 2. The first kappa shape index (κ1) is 17.0. The smallest absolute Gasteiger partial charge is 0.252 e. The molecular formula is C17H24N2O2. The molecule has 1 aromatic carbocycles. The summed E-state index contributed by atoms with van der Waals surface area (Å²) >= 11 is 0. The molecular weight excluding hydrogens is 264 g/mol.